The third-order valence-electron chi connectivity index (χ3n) is 5.71. The molecule has 5 nitrogen and oxygen atoms in total. The molecule has 6 heteroatoms. The van der Waals surface area contributed by atoms with Crippen molar-refractivity contribution in [1.29, 1.82) is 0 Å². The molecular weight excluding hydrogens is 367 g/mol. The van der Waals surface area contributed by atoms with Gasteiger partial charge in [0.15, 0.2) is 0 Å². The molecule has 1 saturated heterocycles. The van der Waals surface area contributed by atoms with Gasteiger partial charge in [0.25, 0.3) is 0 Å². The Morgan fingerprint density at radius 1 is 1.17 bits per heavy atom. The molecule has 0 spiro atoms. The van der Waals surface area contributed by atoms with Gasteiger partial charge in [-0.1, -0.05) is 12.1 Å². The van der Waals surface area contributed by atoms with Crippen molar-refractivity contribution < 1.29 is 9.13 Å². The van der Waals surface area contributed by atoms with E-state index in [1.165, 1.54) is 6.07 Å². The van der Waals surface area contributed by atoms with Crippen molar-refractivity contribution in [2.45, 2.75) is 45.8 Å². The van der Waals surface area contributed by atoms with E-state index in [0.717, 1.165) is 48.3 Å². The van der Waals surface area contributed by atoms with Crippen LogP contribution in [-0.2, 0) is 0 Å². The number of rotatable bonds is 5. The van der Waals surface area contributed by atoms with Crippen LogP contribution in [-0.4, -0.2) is 27.9 Å². The van der Waals surface area contributed by atoms with Crippen molar-refractivity contribution in [3.8, 4) is 16.9 Å². The highest BCUT2D eigenvalue weighted by molar-refractivity contribution is 5.63. The smallest absolute Gasteiger partial charge is 0.142 e. The number of halogens is 1. The first-order valence-corrected chi connectivity index (χ1v) is 10.2. The molecule has 1 unspecified atom stereocenters. The van der Waals surface area contributed by atoms with Gasteiger partial charge >= 0.3 is 0 Å². The Kier molecular flexibility index (Phi) is 5.62. The summed E-state index contributed by atoms with van der Waals surface area (Å²) in [6, 6.07) is 7.53. The minimum atomic E-state index is -0.279. The second-order valence-electron chi connectivity index (χ2n) is 7.71. The summed E-state index contributed by atoms with van der Waals surface area (Å²) in [7, 11) is 0. The summed E-state index contributed by atoms with van der Waals surface area (Å²) in [6.45, 7) is 7.69. The Morgan fingerprint density at radius 3 is 2.76 bits per heavy atom. The molecule has 1 aliphatic heterocycles. The van der Waals surface area contributed by atoms with Crippen LogP contribution in [0.15, 0.2) is 42.9 Å². The quantitative estimate of drug-likeness (QED) is 0.678. The fraction of sp³-hybridized carbons (Fsp3) is 0.391. The molecule has 1 atom stereocenters. The summed E-state index contributed by atoms with van der Waals surface area (Å²) < 4.78 is 22.2. The van der Waals surface area contributed by atoms with Gasteiger partial charge in [-0.25, -0.2) is 4.39 Å². The van der Waals surface area contributed by atoms with E-state index in [1.807, 2.05) is 38.4 Å². The number of piperidine rings is 1. The molecule has 2 aromatic heterocycles. The fourth-order valence-electron chi connectivity index (χ4n) is 3.87. The predicted octanol–water partition coefficient (Wildman–Crippen LogP) is 4.77. The first-order valence-electron chi connectivity index (χ1n) is 10.2. The second kappa shape index (κ2) is 8.33. The van der Waals surface area contributed by atoms with E-state index < -0.39 is 0 Å². The number of nitrogens with zero attached hydrogens (tertiary/aromatic N) is 3. The number of hydrogen-bond donors (Lipinski definition) is 1. The van der Waals surface area contributed by atoms with Gasteiger partial charge in [0.05, 0.1) is 17.9 Å². The number of ether oxygens (including phenoxy) is 1. The third kappa shape index (κ3) is 4.17. The lowest BCUT2D eigenvalue weighted by molar-refractivity contribution is 0.223. The predicted molar refractivity (Wildman–Crippen MR) is 112 cm³/mol. The van der Waals surface area contributed by atoms with Gasteiger partial charge in [0, 0.05) is 23.5 Å². The van der Waals surface area contributed by atoms with E-state index in [4.69, 9.17) is 4.74 Å². The van der Waals surface area contributed by atoms with Crippen LogP contribution < -0.4 is 10.1 Å². The topological polar surface area (TPSA) is 52.0 Å². The van der Waals surface area contributed by atoms with Crippen molar-refractivity contribution in [3.05, 3.63) is 65.5 Å². The zero-order valence-corrected chi connectivity index (χ0v) is 17.2. The molecule has 0 saturated carbocycles. The van der Waals surface area contributed by atoms with Crippen LogP contribution in [0.1, 0.15) is 48.7 Å². The number of benzene rings is 1. The molecule has 1 aliphatic rings. The molecule has 4 rings (SSSR count). The molecule has 3 heterocycles. The van der Waals surface area contributed by atoms with Gasteiger partial charge in [-0.15, -0.1) is 0 Å². The first-order chi connectivity index (χ1) is 14.0. The Bertz CT molecular complexity index is 994. The first kappa shape index (κ1) is 19.6. The number of pyridine rings is 1. The molecule has 0 aliphatic carbocycles. The molecule has 152 valence electrons. The lowest BCUT2D eigenvalue weighted by Gasteiger charge is -2.22. The Balaban J connectivity index is 1.56. The molecule has 29 heavy (non-hydrogen) atoms. The summed E-state index contributed by atoms with van der Waals surface area (Å²) in [5.74, 6) is 0.486. The van der Waals surface area contributed by atoms with Crippen LogP contribution >= 0.6 is 0 Å². The molecule has 1 fully saturated rings. The fourth-order valence-corrected chi connectivity index (χ4v) is 3.87. The van der Waals surface area contributed by atoms with Gasteiger partial charge in [-0.2, -0.15) is 5.10 Å². The molecule has 0 bridgehead atoms. The molecule has 1 N–H and O–H groups in total. The Labute approximate surface area is 170 Å². The van der Waals surface area contributed by atoms with Crippen molar-refractivity contribution in [2.75, 3.05) is 13.1 Å². The van der Waals surface area contributed by atoms with Crippen LogP contribution in [0.3, 0.4) is 0 Å². The van der Waals surface area contributed by atoms with Crippen LogP contribution in [0.2, 0.25) is 0 Å². The lowest BCUT2D eigenvalue weighted by atomic mass is 10.0. The maximum Gasteiger partial charge on any atom is 0.142 e. The Hall–Kier alpha value is -2.73. The van der Waals surface area contributed by atoms with Crippen LogP contribution in [0.4, 0.5) is 4.39 Å². The van der Waals surface area contributed by atoms with Gasteiger partial charge in [-0.3, -0.25) is 9.67 Å². The minimum Gasteiger partial charge on any atom is -0.484 e. The molecular formula is C23H27FN4O. The monoisotopic (exact) mass is 394 g/mol. The van der Waals surface area contributed by atoms with Gasteiger partial charge in [0.2, 0.25) is 0 Å². The van der Waals surface area contributed by atoms with E-state index >= 15 is 0 Å². The third-order valence-corrected chi connectivity index (χ3v) is 5.71. The van der Waals surface area contributed by atoms with Gasteiger partial charge in [0.1, 0.15) is 17.7 Å². The van der Waals surface area contributed by atoms with Gasteiger partial charge < -0.3 is 10.1 Å². The van der Waals surface area contributed by atoms with E-state index in [1.54, 1.807) is 13.0 Å². The van der Waals surface area contributed by atoms with E-state index in [-0.39, 0.29) is 11.9 Å². The van der Waals surface area contributed by atoms with Crippen molar-refractivity contribution >= 4 is 0 Å². The SMILES string of the molecule is Cc1ncc(-c2cnn(C3CCNCC3)c2)cc1OC(C)c1cccc(F)c1C. The van der Waals surface area contributed by atoms with Crippen molar-refractivity contribution in [2.24, 2.45) is 0 Å². The Morgan fingerprint density at radius 2 is 1.97 bits per heavy atom. The highest BCUT2D eigenvalue weighted by Gasteiger charge is 2.18. The summed E-state index contributed by atoms with van der Waals surface area (Å²) in [6.07, 6.45) is 7.73. The summed E-state index contributed by atoms with van der Waals surface area (Å²) in [5.41, 5.74) is 4.25. The number of aryl methyl sites for hydroxylation is 1. The van der Waals surface area contributed by atoms with Crippen LogP contribution in [0.25, 0.3) is 11.1 Å². The minimum absolute atomic E-state index is 0.216. The zero-order valence-electron chi connectivity index (χ0n) is 17.2. The van der Waals surface area contributed by atoms with E-state index in [9.17, 15) is 4.39 Å². The molecule has 0 amide bonds. The standard InChI is InChI=1S/C23H27FN4O/c1-15-21(5-4-6-22(15)24)17(3)29-23-11-18(12-26-16(23)2)19-13-27-28(14-19)20-7-9-25-10-8-20/h4-6,11-14,17,20,25H,7-10H2,1-3H3. The number of aromatic nitrogens is 3. The summed E-state index contributed by atoms with van der Waals surface area (Å²) in [4.78, 5) is 4.52. The molecule has 1 aromatic carbocycles. The summed E-state index contributed by atoms with van der Waals surface area (Å²) >= 11 is 0. The van der Waals surface area contributed by atoms with E-state index in [2.05, 4.69) is 26.3 Å². The number of nitrogens with one attached hydrogen (secondary N) is 1. The maximum atomic E-state index is 13.9. The van der Waals surface area contributed by atoms with Gasteiger partial charge in [-0.05, 0) is 70.0 Å². The average molecular weight is 394 g/mol. The second-order valence-corrected chi connectivity index (χ2v) is 7.71. The van der Waals surface area contributed by atoms with Crippen molar-refractivity contribution in [3.63, 3.8) is 0 Å². The van der Waals surface area contributed by atoms with Crippen molar-refractivity contribution in [1.82, 2.24) is 20.1 Å². The van der Waals surface area contributed by atoms with Crippen LogP contribution in [0, 0.1) is 19.7 Å². The average Bonchev–Trinajstić information content (AvgIpc) is 3.22. The normalized spacial score (nSPS) is 16.0. The largest absolute Gasteiger partial charge is 0.484 e. The van der Waals surface area contributed by atoms with E-state index in [0.29, 0.717) is 17.4 Å². The highest BCUT2D eigenvalue weighted by Crippen LogP contribution is 2.31. The lowest BCUT2D eigenvalue weighted by Crippen LogP contribution is -2.29. The zero-order chi connectivity index (χ0) is 20.4. The summed E-state index contributed by atoms with van der Waals surface area (Å²) in [5, 5.41) is 7.96. The molecule has 3 aromatic rings. The number of hydrogen-bond acceptors (Lipinski definition) is 4. The highest BCUT2D eigenvalue weighted by atomic mass is 19.1. The van der Waals surface area contributed by atoms with Crippen LogP contribution in [0.5, 0.6) is 5.75 Å². The maximum absolute atomic E-state index is 13.9. The molecule has 0 radical (unpaired) electrons.